The highest BCUT2D eigenvalue weighted by Crippen LogP contribution is 2.47. The Labute approximate surface area is 174 Å². The van der Waals surface area contributed by atoms with E-state index in [2.05, 4.69) is 26.8 Å². The van der Waals surface area contributed by atoms with E-state index in [9.17, 15) is 13.6 Å². The number of amides is 1. The Morgan fingerprint density at radius 2 is 1.73 bits per heavy atom. The SMILES string of the molecule is CCc1cnc(N2CCC3(CC2)CN2CC[C@@H](c4cc(F)cc(F)c4)N2C3=O)nc1. The maximum atomic E-state index is 13.7. The summed E-state index contributed by atoms with van der Waals surface area (Å²) in [5, 5.41) is 3.83. The molecule has 5 rings (SSSR count). The molecule has 30 heavy (non-hydrogen) atoms. The number of hydrogen-bond acceptors (Lipinski definition) is 5. The predicted octanol–water partition coefficient (Wildman–Crippen LogP) is 3.11. The number of aryl methyl sites for hydroxylation is 1. The predicted molar refractivity (Wildman–Crippen MR) is 107 cm³/mol. The van der Waals surface area contributed by atoms with Crippen molar-refractivity contribution in [1.29, 1.82) is 0 Å². The highest BCUT2D eigenvalue weighted by Gasteiger charge is 2.56. The molecule has 3 saturated heterocycles. The summed E-state index contributed by atoms with van der Waals surface area (Å²) in [6.07, 6.45) is 6.76. The van der Waals surface area contributed by atoms with Crippen LogP contribution in [-0.2, 0) is 11.2 Å². The van der Waals surface area contributed by atoms with E-state index < -0.39 is 17.0 Å². The molecule has 4 heterocycles. The Morgan fingerprint density at radius 1 is 1.07 bits per heavy atom. The van der Waals surface area contributed by atoms with Crippen LogP contribution in [0.15, 0.2) is 30.6 Å². The third kappa shape index (κ3) is 3.14. The highest BCUT2D eigenvalue weighted by molar-refractivity contribution is 5.85. The van der Waals surface area contributed by atoms with Crippen molar-refractivity contribution in [3.8, 4) is 0 Å². The van der Waals surface area contributed by atoms with E-state index in [1.54, 1.807) is 5.01 Å². The third-order valence-electron chi connectivity index (χ3n) is 6.78. The monoisotopic (exact) mass is 413 g/mol. The van der Waals surface area contributed by atoms with Gasteiger partial charge in [0, 0.05) is 44.6 Å². The van der Waals surface area contributed by atoms with Crippen molar-refractivity contribution in [3.63, 3.8) is 0 Å². The number of anilines is 1. The lowest BCUT2D eigenvalue weighted by Crippen LogP contribution is -2.46. The molecule has 1 amide bonds. The molecular weight excluding hydrogens is 388 g/mol. The molecule has 1 aromatic carbocycles. The van der Waals surface area contributed by atoms with Crippen LogP contribution in [0.5, 0.6) is 0 Å². The standard InChI is InChI=1S/C22H25F2N5O/c1-2-15-12-25-21(26-13-15)27-7-4-22(5-8-27)14-28-6-3-19(29(28)20(22)30)16-9-17(23)11-18(24)10-16/h9-13,19H,2-8,14H2,1H3/t19-/m0/s1. The summed E-state index contributed by atoms with van der Waals surface area (Å²) in [5.41, 5.74) is 1.19. The number of carbonyl (C=O) groups is 1. The molecule has 8 heteroatoms. The Bertz CT molecular complexity index is 938. The van der Waals surface area contributed by atoms with Crippen molar-refractivity contribution in [2.24, 2.45) is 5.41 Å². The molecule has 6 nitrogen and oxygen atoms in total. The van der Waals surface area contributed by atoms with Crippen LogP contribution in [0.3, 0.4) is 0 Å². The molecule has 0 bridgehead atoms. The summed E-state index contributed by atoms with van der Waals surface area (Å²) in [6, 6.07) is 3.25. The number of rotatable bonds is 3. The number of benzene rings is 1. The molecule has 1 spiro atoms. The van der Waals surface area contributed by atoms with Crippen LogP contribution >= 0.6 is 0 Å². The number of hydrazine groups is 1. The van der Waals surface area contributed by atoms with Crippen molar-refractivity contribution < 1.29 is 13.6 Å². The van der Waals surface area contributed by atoms with Crippen LogP contribution in [0.2, 0.25) is 0 Å². The molecule has 0 saturated carbocycles. The van der Waals surface area contributed by atoms with Gasteiger partial charge in [0.05, 0.1) is 11.5 Å². The summed E-state index contributed by atoms with van der Waals surface area (Å²) in [7, 11) is 0. The van der Waals surface area contributed by atoms with Crippen molar-refractivity contribution >= 4 is 11.9 Å². The van der Waals surface area contributed by atoms with Gasteiger partial charge in [-0.3, -0.25) is 9.80 Å². The van der Waals surface area contributed by atoms with Crippen LogP contribution in [0, 0.1) is 17.0 Å². The normalized spacial score (nSPS) is 23.4. The van der Waals surface area contributed by atoms with Gasteiger partial charge in [-0.05, 0) is 48.9 Å². The molecular formula is C22H25F2N5O. The Balaban J connectivity index is 1.32. The number of halogens is 2. The topological polar surface area (TPSA) is 52.6 Å². The fraction of sp³-hybridized carbons (Fsp3) is 0.500. The quantitative estimate of drug-likeness (QED) is 0.774. The van der Waals surface area contributed by atoms with Crippen molar-refractivity contribution in [2.45, 2.75) is 38.6 Å². The van der Waals surface area contributed by atoms with Gasteiger partial charge in [-0.1, -0.05) is 6.92 Å². The minimum Gasteiger partial charge on any atom is -0.341 e. The van der Waals surface area contributed by atoms with E-state index in [0.29, 0.717) is 24.5 Å². The first-order chi connectivity index (χ1) is 14.5. The van der Waals surface area contributed by atoms with Gasteiger partial charge in [0.1, 0.15) is 11.6 Å². The largest absolute Gasteiger partial charge is 0.341 e. The van der Waals surface area contributed by atoms with Gasteiger partial charge >= 0.3 is 0 Å². The van der Waals surface area contributed by atoms with Crippen LogP contribution in [0.4, 0.5) is 14.7 Å². The molecule has 158 valence electrons. The smallest absolute Gasteiger partial charge is 0.245 e. The van der Waals surface area contributed by atoms with Crippen LogP contribution in [0.1, 0.15) is 43.4 Å². The molecule has 3 fully saturated rings. The lowest BCUT2D eigenvalue weighted by molar-refractivity contribution is -0.143. The Hall–Kier alpha value is -2.61. The minimum absolute atomic E-state index is 0.0802. The molecule has 1 aromatic heterocycles. The van der Waals surface area contributed by atoms with Gasteiger partial charge in [-0.2, -0.15) is 0 Å². The summed E-state index contributed by atoms with van der Waals surface area (Å²) in [6.45, 7) is 4.91. The maximum Gasteiger partial charge on any atom is 0.245 e. The van der Waals surface area contributed by atoms with Crippen LogP contribution < -0.4 is 4.90 Å². The van der Waals surface area contributed by atoms with E-state index in [4.69, 9.17) is 0 Å². The van der Waals surface area contributed by atoms with Crippen molar-refractivity contribution in [1.82, 2.24) is 20.0 Å². The fourth-order valence-corrected chi connectivity index (χ4v) is 5.06. The Morgan fingerprint density at radius 3 is 2.37 bits per heavy atom. The first-order valence-electron chi connectivity index (χ1n) is 10.6. The number of fused-ring (bicyclic) bond motifs is 1. The van der Waals surface area contributed by atoms with E-state index in [1.807, 2.05) is 12.4 Å². The maximum absolute atomic E-state index is 13.7. The van der Waals surface area contributed by atoms with Gasteiger partial charge in [0.15, 0.2) is 0 Å². The van der Waals surface area contributed by atoms with Crippen molar-refractivity contribution in [2.75, 3.05) is 31.1 Å². The van der Waals surface area contributed by atoms with Crippen LogP contribution in [-0.4, -0.2) is 52.1 Å². The second-order valence-electron chi connectivity index (χ2n) is 8.56. The second kappa shape index (κ2) is 7.27. The van der Waals surface area contributed by atoms with E-state index in [-0.39, 0.29) is 11.9 Å². The Kier molecular flexibility index (Phi) is 4.69. The molecule has 0 N–H and O–H groups in total. The van der Waals surface area contributed by atoms with E-state index >= 15 is 0 Å². The van der Waals surface area contributed by atoms with Gasteiger partial charge in [-0.15, -0.1) is 0 Å². The number of hydrogen-bond donors (Lipinski definition) is 0. The zero-order valence-corrected chi connectivity index (χ0v) is 17.0. The average molecular weight is 413 g/mol. The molecule has 0 unspecified atom stereocenters. The van der Waals surface area contributed by atoms with Gasteiger partial charge < -0.3 is 4.90 Å². The highest BCUT2D eigenvalue weighted by atomic mass is 19.1. The number of carbonyl (C=O) groups excluding carboxylic acids is 1. The average Bonchev–Trinajstić information content (AvgIpc) is 3.26. The van der Waals surface area contributed by atoms with Gasteiger partial charge in [0.2, 0.25) is 11.9 Å². The van der Waals surface area contributed by atoms with Crippen molar-refractivity contribution in [3.05, 3.63) is 53.4 Å². The minimum atomic E-state index is -0.604. The lowest BCUT2D eigenvalue weighted by Gasteiger charge is -2.37. The van der Waals surface area contributed by atoms with E-state index in [1.165, 1.54) is 12.1 Å². The zero-order valence-electron chi connectivity index (χ0n) is 17.0. The first-order valence-corrected chi connectivity index (χ1v) is 10.6. The number of nitrogens with zero attached hydrogens (tertiary/aromatic N) is 5. The number of piperidine rings is 1. The molecule has 3 aliphatic heterocycles. The lowest BCUT2D eigenvalue weighted by atomic mass is 9.78. The summed E-state index contributed by atoms with van der Waals surface area (Å²) in [5.74, 6) is -0.419. The fourth-order valence-electron chi connectivity index (χ4n) is 5.06. The van der Waals surface area contributed by atoms with Gasteiger partial charge in [0.25, 0.3) is 0 Å². The first kappa shape index (κ1) is 19.4. The van der Waals surface area contributed by atoms with Crippen LogP contribution in [0.25, 0.3) is 0 Å². The molecule has 0 aliphatic carbocycles. The second-order valence-corrected chi connectivity index (χ2v) is 8.56. The summed E-state index contributed by atoms with van der Waals surface area (Å²) >= 11 is 0. The summed E-state index contributed by atoms with van der Waals surface area (Å²) < 4.78 is 27.5. The zero-order chi connectivity index (χ0) is 20.9. The van der Waals surface area contributed by atoms with Gasteiger partial charge in [-0.25, -0.2) is 23.8 Å². The van der Waals surface area contributed by atoms with E-state index in [0.717, 1.165) is 50.5 Å². The third-order valence-corrected chi connectivity index (χ3v) is 6.78. The molecule has 1 atom stereocenters. The molecule has 2 aromatic rings. The summed E-state index contributed by atoms with van der Waals surface area (Å²) in [4.78, 5) is 24.6. The molecule has 3 aliphatic rings. The molecule has 0 radical (unpaired) electrons. The number of aromatic nitrogens is 2.